The third-order valence-corrected chi connectivity index (χ3v) is 4.55. The maximum Gasteiger partial charge on any atom is 0.319 e. The second-order valence-electron chi connectivity index (χ2n) is 8.83. The molecule has 0 rings (SSSR count). The Labute approximate surface area is 173 Å². The number of carboxylic acid groups (broad SMARTS) is 1. The van der Waals surface area contributed by atoms with E-state index in [4.69, 9.17) is 9.84 Å². The summed E-state index contributed by atoms with van der Waals surface area (Å²) < 4.78 is 9.35. The fourth-order valence-electron chi connectivity index (χ4n) is 2.77. The van der Waals surface area contributed by atoms with E-state index in [1.165, 1.54) is 19.1 Å². The highest BCUT2D eigenvalue weighted by molar-refractivity contribution is 5.78. The fraction of sp³-hybridized carbons (Fsp3) is 0.800. The average molecular weight is 417 g/mol. The van der Waals surface area contributed by atoms with E-state index in [9.17, 15) is 19.2 Å². The zero-order valence-electron chi connectivity index (χ0n) is 18.5. The van der Waals surface area contributed by atoms with Gasteiger partial charge in [-0.3, -0.25) is 24.1 Å². The van der Waals surface area contributed by atoms with Gasteiger partial charge in [0.2, 0.25) is 5.91 Å². The molecule has 0 heterocycles. The molecule has 1 amide bonds. The van der Waals surface area contributed by atoms with E-state index >= 15 is 0 Å². The van der Waals surface area contributed by atoms with Crippen molar-refractivity contribution in [2.45, 2.75) is 53.4 Å². The Balaban J connectivity index is 5.06. The number of aliphatic carboxylic acids is 1. The van der Waals surface area contributed by atoms with Gasteiger partial charge in [0.15, 0.2) is 0 Å². The number of nitrogens with one attached hydrogen (secondary N) is 1. The molecule has 0 aromatic heterocycles. The van der Waals surface area contributed by atoms with Crippen molar-refractivity contribution in [2.24, 2.45) is 10.8 Å². The topological polar surface area (TPSA) is 122 Å². The largest absolute Gasteiger partial charge is 0.480 e. The highest BCUT2D eigenvalue weighted by atomic mass is 16.5. The van der Waals surface area contributed by atoms with E-state index in [2.05, 4.69) is 30.8 Å². The first-order chi connectivity index (χ1) is 13.3. The number of carbonyl (C=O) groups is 4. The van der Waals surface area contributed by atoms with Gasteiger partial charge in [-0.05, 0) is 30.2 Å². The van der Waals surface area contributed by atoms with Gasteiger partial charge in [0.1, 0.15) is 0 Å². The maximum atomic E-state index is 12.4. The molecule has 0 radical (unpaired) electrons. The minimum atomic E-state index is -1.08. The smallest absolute Gasteiger partial charge is 0.319 e. The molecule has 0 aromatic carbocycles. The van der Waals surface area contributed by atoms with Crippen LogP contribution in [0.4, 0.5) is 0 Å². The molecule has 0 aromatic rings. The number of hydrogen-bond acceptors (Lipinski definition) is 7. The molecule has 0 spiro atoms. The lowest BCUT2D eigenvalue weighted by Crippen LogP contribution is -2.39. The summed E-state index contributed by atoms with van der Waals surface area (Å²) in [7, 11) is 2.50. The van der Waals surface area contributed by atoms with Crippen LogP contribution in [0, 0.1) is 10.8 Å². The summed E-state index contributed by atoms with van der Waals surface area (Å²) in [6.45, 7) is 8.24. The van der Waals surface area contributed by atoms with Crippen LogP contribution >= 0.6 is 0 Å². The van der Waals surface area contributed by atoms with Crippen LogP contribution in [0.5, 0.6) is 0 Å². The molecule has 0 saturated heterocycles. The first kappa shape index (κ1) is 26.8. The molecule has 29 heavy (non-hydrogen) atoms. The summed E-state index contributed by atoms with van der Waals surface area (Å²) in [4.78, 5) is 48.3. The van der Waals surface area contributed by atoms with Crippen LogP contribution in [0.2, 0.25) is 0 Å². The Bertz CT molecular complexity index is 572. The molecule has 9 nitrogen and oxygen atoms in total. The number of methoxy groups -OCH3 is 2. The fourth-order valence-corrected chi connectivity index (χ4v) is 2.77. The van der Waals surface area contributed by atoms with Gasteiger partial charge in [0.25, 0.3) is 0 Å². The van der Waals surface area contributed by atoms with Crippen molar-refractivity contribution in [3.05, 3.63) is 0 Å². The lowest BCUT2D eigenvalue weighted by molar-refractivity contribution is -0.147. The SMILES string of the molecule is COC(=O)CN(CCC(C)(CC(=O)NCCC(C)(C)C)CC(=O)OC)CC(=O)O. The molecule has 1 atom stereocenters. The number of carboxylic acids is 1. The van der Waals surface area contributed by atoms with Gasteiger partial charge < -0.3 is 19.9 Å². The van der Waals surface area contributed by atoms with Gasteiger partial charge in [0.05, 0.1) is 33.7 Å². The van der Waals surface area contributed by atoms with Crippen LogP contribution in [0.15, 0.2) is 0 Å². The second kappa shape index (κ2) is 12.4. The van der Waals surface area contributed by atoms with Gasteiger partial charge in [-0.2, -0.15) is 0 Å². The second-order valence-corrected chi connectivity index (χ2v) is 8.83. The van der Waals surface area contributed by atoms with E-state index in [1.807, 2.05) is 0 Å². The number of hydrogen-bond donors (Lipinski definition) is 2. The number of nitrogens with zero attached hydrogens (tertiary/aromatic N) is 1. The van der Waals surface area contributed by atoms with Crippen LogP contribution in [-0.2, 0) is 28.7 Å². The molecule has 1 unspecified atom stereocenters. The van der Waals surface area contributed by atoms with E-state index < -0.39 is 23.3 Å². The summed E-state index contributed by atoms with van der Waals surface area (Å²) in [5.41, 5.74) is -0.653. The van der Waals surface area contributed by atoms with Crippen LogP contribution in [0.25, 0.3) is 0 Å². The quantitative estimate of drug-likeness (QED) is 0.433. The van der Waals surface area contributed by atoms with Gasteiger partial charge in [-0.25, -0.2) is 0 Å². The third kappa shape index (κ3) is 13.6. The molecular formula is C20H36N2O7. The van der Waals surface area contributed by atoms with E-state index in [1.54, 1.807) is 6.92 Å². The minimum Gasteiger partial charge on any atom is -0.480 e. The van der Waals surface area contributed by atoms with Crippen molar-refractivity contribution in [3.8, 4) is 0 Å². The van der Waals surface area contributed by atoms with Crippen molar-refractivity contribution < 1.29 is 33.8 Å². The molecule has 168 valence electrons. The summed E-state index contributed by atoms with van der Waals surface area (Å²) >= 11 is 0. The number of amides is 1. The minimum absolute atomic E-state index is 0.00925. The van der Waals surface area contributed by atoms with Crippen molar-refractivity contribution >= 4 is 23.8 Å². The molecule has 0 bridgehead atoms. The lowest BCUT2D eigenvalue weighted by atomic mass is 9.79. The van der Waals surface area contributed by atoms with E-state index in [0.717, 1.165) is 6.42 Å². The Morgan fingerprint density at radius 1 is 0.897 bits per heavy atom. The molecule has 0 aliphatic rings. The summed E-state index contributed by atoms with van der Waals surface area (Å²) in [6, 6.07) is 0. The molecule has 0 fully saturated rings. The highest BCUT2D eigenvalue weighted by Gasteiger charge is 2.32. The van der Waals surface area contributed by atoms with Gasteiger partial charge in [0, 0.05) is 13.0 Å². The monoisotopic (exact) mass is 416 g/mol. The number of esters is 2. The molecule has 0 saturated carbocycles. The van der Waals surface area contributed by atoms with Crippen molar-refractivity contribution in [1.29, 1.82) is 0 Å². The van der Waals surface area contributed by atoms with Crippen LogP contribution < -0.4 is 5.32 Å². The first-order valence-corrected chi connectivity index (χ1v) is 9.65. The van der Waals surface area contributed by atoms with E-state index in [-0.39, 0.29) is 43.8 Å². The Hall–Kier alpha value is -2.16. The molecule has 2 N–H and O–H groups in total. The Morgan fingerprint density at radius 3 is 1.97 bits per heavy atom. The highest BCUT2D eigenvalue weighted by Crippen LogP contribution is 2.31. The van der Waals surface area contributed by atoms with E-state index in [0.29, 0.717) is 13.0 Å². The normalized spacial score (nSPS) is 13.5. The zero-order valence-corrected chi connectivity index (χ0v) is 18.5. The standard InChI is InChI=1S/C20H36N2O7/c1-19(2,3)7-9-21-15(23)11-20(4,12-17(26)28-5)8-10-22(13-16(24)25)14-18(27)29-6/h7-14H2,1-6H3,(H,21,23)(H,24,25). The molecule has 0 aliphatic heterocycles. The van der Waals surface area contributed by atoms with Crippen molar-refractivity contribution in [1.82, 2.24) is 10.2 Å². The summed E-state index contributed by atoms with van der Waals surface area (Å²) in [6.07, 6.45) is 1.25. The Kier molecular flexibility index (Phi) is 11.5. The molecular weight excluding hydrogens is 380 g/mol. The third-order valence-electron chi connectivity index (χ3n) is 4.55. The predicted molar refractivity (Wildman–Crippen MR) is 107 cm³/mol. The van der Waals surface area contributed by atoms with Crippen LogP contribution in [0.3, 0.4) is 0 Å². The van der Waals surface area contributed by atoms with Gasteiger partial charge >= 0.3 is 17.9 Å². The average Bonchev–Trinajstić information content (AvgIpc) is 2.57. The summed E-state index contributed by atoms with van der Waals surface area (Å²) in [5.74, 6) is -2.27. The zero-order chi connectivity index (χ0) is 22.7. The van der Waals surface area contributed by atoms with Crippen molar-refractivity contribution in [3.63, 3.8) is 0 Å². The first-order valence-electron chi connectivity index (χ1n) is 9.65. The predicted octanol–water partition coefficient (Wildman–Crippen LogP) is 1.45. The lowest BCUT2D eigenvalue weighted by Gasteiger charge is -2.31. The number of ether oxygens (including phenoxy) is 2. The number of carbonyl (C=O) groups excluding carboxylic acids is 3. The van der Waals surface area contributed by atoms with Crippen LogP contribution in [-0.4, -0.2) is 74.2 Å². The van der Waals surface area contributed by atoms with Crippen LogP contribution in [0.1, 0.15) is 53.4 Å². The van der Waals surface area contributed by atoms with Crippen molar-refractivity contribution in [2.75, 3.05) is 40.4 Å². The van der Waals surface area contributed by atoms with Gasteiger partial charge in [-0.15, -0.1) is 0 Å². The molecule has 0 aliphatic carbocycles. The Morgan fingerprint density at radius 2 is 1.48 bits per heavy atom. The van der Waals surface area contributed by atoms with Gasteiger partial charge in [-0.1, -0.05) is 27.7 Å². The summed E-state index contributed by atoms with van der Waals surface area (Å²) in [5, 5.41) is 11.9. The number of rotatable bonds is 13. The molecule has 9 heteroatoms. The maximum absolute atomic E-state index is 12.4.